The van der Waals surface area contributed by atoms with Gasteiger partial charge in [0, 0.05) is 6.07 Å². The van der Waals surface area contributed by atoms with Crippen molar-refractivity contribution in [3.8, 4) is 5.75 Å². The number of alkyl halides is 3. The smallest absolute Gasteiger partial charge is 0.508 e. The van der Waals surface area contributed by atoms with Gasteiger partial charge in [0.05, 0.1) is 5.69 Å². The zero-order chi connectivity index (χ0) is 13.4. The maximum Gasteiger partial charge on any atom is 0.516 e. The number of hydrogen-bond acceptors (Lipinski definition) is 3. The molecule has 0 fully saturated rings. The Morgan fingerprint density at radius 3 is 2.18 bits per heavy atom. The summed E-state index contributed by atoms with van der Waals surface area (Å²) in [6.07, 6.45) is 0. The van der Waals surface area contributed by atoms with Gasteiger partial charge in [-0.25, -0.2) is 0 Å². The van der Waals surface area contributed by atoms with Crippen LogP contribution in [0.1, 0.15) is 11.1 Å². The topological polar surface area (TPSA) is 66.4 Å². The van der Waals surface area contributed by atoms with Gasteiger partial charge in [0.2, 0.25) is 0 Å². The molecule has 17 heavy (non-hydrogen) atoms. The number of sulfonamides is 1. The van der Waals surface area contributed by atoms with Crippen LogP contribution in [0.4, 0.5) is 18.9 Å². The maximum absolute atomic E-state index is 12.1. The van der Waals surface area contributed by atoms with Gasteiger partial charge in [-0.2, -0.15) is 21.6 Å². The van der Waals surface area contributed by atoms with Crippen molar-refractivity contribution in [2.45, 2.75) is 19.4 Å². The molecular weight excluding hydrogens is 259 g/mol. The first-order valence-corrected chi connectivity index (χ1v) is 5.92. The molecule has 1 rings (SSSR count). The van der Waals surface area contributed by atoms with Gasteiger partial charge >= 0.3 is 15.5 Å². The van der Waals surface area contributed by atoms with Crippen LogP contribution in [0, 0.1) is 13.8 Å². The molecule has 0 amide bonds. The lowest BCUT2D eigenvalue weighted by atomic mass is 10.1. The highest BCUT2D eigenvalue weighted by atomic mass is 32.2. The molecule has 0 saturated heterocycles. The van der Waals surface area contributed by atoms with E-state index in [-0.39, 0.29) is 17.0 Å². The lowest BCUT2D eigenvalue weighted by Gasteiger charge is -2.13. The number of hydrogen-bond donors (Lipinski definition) is 2. The SMILES string of the molecule is Cc1cc(C)c(NS(=O)(=O)C(F)(F)F)cc1O. The van der Waals surface area contributed by atoms with Crippen molar-refractivity contribution in [1.82, 2.24) is 0 Å². The fourth-order valence-electron chi connectivity index (χ4n) is 1.15. The van der Waals surface area contributed by atoms with Crippen molar-refractivity contribution in [3.05, 3.63) is 23.3 Å². The highest BCUT2D eigenvalue weighted by Crippen LogP contribution is 2.30. The summed E-state index contributed by atoms with van der Waals surface area (Å²) >= 11 is 0. The van der Waals surface area contributed by atoms with Crippen LogP contribution in [0.3, 0.4) is 0 Å². The molecule has 0 aromatic heterocycles. The summed E-state index contributed by atoms with van der Waals surface area (Å²) in [5.41, 5.74) is -4.96. The highest BCUT2D eigenvalue weighted by Gasteiger charge is 2.46. The summed E-state index contributed by atoms with van der Waals surface area (Å²) in [7, 11) is -5.46. The van der Waals surface area contributed by atoms with Crippen molar-refractivity contribution in [2.75, 3.05) is 4.72 Å². The molecule has 1 aromatic carbocycles. The largest absolute Gasteiger partial charge is 0.516 e. The number of benzene rings is 1. The summed E-state index contributed by atoms with van der Waals surface area (Å²) < 4.78 is 59.4. The number of halogens is 3. The standard InChI is InChI=1S/C9H10F3NO3S/c1-5-3-6(2)8(14)4-7(5)13-17(15,16)9(10,11)12/h3-4,13-14H,1-2H3. The van der Waals surface area contributed by atoms with Crippen LogP contribution in [0.2, 0.25) is 0 Å². The average Bonchev–Trinajstić information content (AvgIpc) is 2.12. The van der Waals surface area contributed by atoms with Gasteiger partial charge < -0.3 is 5.11 Å². The number of rotatable bonds is 2. The monoisotopic (exact) mass is 269 g/mol. The van der Waals surface area contributed by atoms with Crippen LogP contribution in [0.15, 0.2) is 12.1 Å². The van der Waals surface area contributed by atoms with Gasteiger partial charge in [-0.3, -0.25) is 4.72 Å². The van der Waals surface area contributed by atoms with E-state index in [1.165, 1.54) is 17.7 Å². The Hall–Kier alpha value is -1.44. The van der Waals surface area contributed by atoms with Crippen LogP contribution in [0.25, 0.3) is 0 Å². The summed E-state index contributed by atoms with van der Waals surface area (Å²) in [6.45, 7) is 2.98. The molecule has 0 atom stereocenters. The molecule has 0 aliphatic rings. The van der Waals surface area contributed by atoms with Crippen LogP contribution in [-0.2, 0) is 10.0 Å². The highest BCUT2D eigenvalue weighted by molar-refractivity contribution is 7.93. The van der Waals surface area contributed by atoms with Crippen molar-refractivity contribution < 1.29 is 26.7 Å². The molecule has 96 valence electrons. The molecular formula is C9H10F3NO3S. The van der Waals surface area contributed by atoms with Crippen molar-refractivity contribution in [1.29, 1.82) is 0 Å². The van der Waals surface area contributed by atoms with E-state index in [0.29, 0.717) is 5.56 Å². The normalized spacial score (nSPS) is 12.5. The molecule has 0 aliphatic carbocycles. The fourth-order valence-corrected chi connectivity index (χ4v) is 1.78. The molecule has 0 spiro atoms. The van der Waals surface area contributed by atoms with Crippen LogP contribution >= 0.6 is 0 Å². The van der Waals surface area contributed by atoms with Gasteiger partial charge in [-0.05, 0) is 25.0 Å². The first-order chi connectivity index (χ1) is 7.54. The molecule has 4 nitrogen and oxygen atoms in total. The maximum atomic E-state index is 12.1. The second kappa shape index (κ2) is 4.10. The molecule has 1 aromatic rings. The summed E-state index contributed by atoms with van der Waals surface area (Å²) in [6, 6.07) is 2.32. The molecule has 0 bridgehead atoms. The van der Waals surface area contributed by atoms with Gasteiger partial charge in [0.1, 0.15) is 5.75 Å². The van der Waals surface area contributed by atoms with Gasteiger partial charge in [-0.1, -0.05) is 6.07 Å². The summed E-state index contributed by atoms with van der Waals surface area (Å²) in [5.74, 6) is -0.282. The quantitative estimate of drug-likeness (QED) is 0.865. The zero-order valence-electron chi connectivity index (χ0n) is 8.96. The van der Waals surface area contributed by atoms with E-state index in [1.54, 1.807) is 6.92 Å². The number of phenols is 1. The number of anilines is 1. The van der Waals surface area contributed by atoms with Gasteiger partial charge in [0.15, 0.2) is 0 Å². The van der Waals surface area contributed by atoms with E-state index in [4.69, 9.17) is 0 Å². The molecule has 0 aliphatic heterocycles. The Morgan fingerprint density at radius 2 is 1.71 bits per heavy atom. The van der Waals surface area contributed by atoms with Crippen molar-refractivity contribution in [2.24, 2.45) is 0 Å². The van der Waals surface area contributed by atoms with Gasteiger partial charge in [-0.15, -0.1) is 0 Å². The molecule has 0 radical (unpaired) electrons. The Labute approximate surface area is 96.1 Å². The summed E-state index contributed by atoms with van der Waals surface area (Å²) in [5, 5.41) is 9.31. The first-order valence-electron chi connectivity index (χ1n) is 4.44. The second-order valence-electron chi connectivity index (χ2n) is 3.50. The Bertz CT molecular complexity index is 537. The van der Waals surface area contributed by atoms with Crippen molar-refractivity contribution in [3.63, 3.8) is 0 Å². The predicted octanol–water partition coefficient (Wildman–Crippen LogP) is 2.27. The van der Waals surface area contributed by atoms with Crippen molar-refractivity contribution >= 4 is 15.7 Å². The minimum Gasteiger partial charge on any atom is -0.508 e. The number of aromatic hydroxyl groups is 1. The summed E-state index contributed by atoms with van der Waals surface area (Å²) in [4.78, 5) is 0. The predicted molar refractivity (Wildman–Crippen MR) is 56.2 cm³/mol. The number of phenolic OH excluding ortho intramolecular Hbond substituents is 1. The third kappa shape index (κ3) is 2.82. The third-order valence-corrected chi connectivity index (χ3v) is 3.19. The molecule has 0 saturated carbocycles. The van der Waals surface area contributed by atoms with E-state index in [2.05, 4.69) is 0 Å². The molecule has 0 heterocycles. The minimum absolute atomic E-state index is 0.282. The van der Waals surface area contributed by atoms with E-state index < -0.39 is 15.5 Å². The molecule has 8 heteroatoms. The Morgan fingerprint density at radius 1 is 1.18 bits per heavy atom. The van der Waals surface area contributed by atoms with E-state index in [1.807, 2.05) is 0 Å². The Kier molecular flexibility index (Phi) is 3.28. The van der Waals surface area contributed by atoms with Gasteiger partial charge in [0.25, 0.3) is 0 Å². The lowest BCUT2D eigenvalue weighted by Crippen LogP contribution is -2.30. The zero-order valence-corrected chi connectivity index (χ0v) is 9.78. The fraction of sp³-hybridized carbons (Fsp3) is 0.333. The molecule has 2 N–H and O–H groups in total. The second-order valence-corrected chi connectivity index (χ2v) is 5.18. The Balaban J connectivity index is 3.18. The van der Waals surface area contributed by atoms with Crippen LogP contribution < -0.4 is 4.72 Å². The van der Waals surface area contributed by atoms with Crippen LogP contribution in [0.5, 0.6) is 5.75 Å². The van der Waals surface area contributed by atoms with E-state index in [9.17, 15) is 26.7 Å². The third-order valence-electron chi connectivity index (χ3n) is 2.09. The number of nitrogens with one attached hydrogen (secondary N) is 1. The average molecular weight is 269 g/mol. The number of aryl methyl sites for hydroxylation is 2. The molecule has 0 unspecified atom stereocenters. The van der Waals surface area contributed by atoms with E-state index in [0.717, 1.165) is 6.07 Å². The first kappa shape index (κ1) is 13.6. The van der Waals surface area contributed by atoms with E-state index >= 15 is 0 Å². The lowest BCUT2D eigenvalue weighted by molar-refractivity contribution is -0.0429. The van der Waals surface area contributed by atoms with Crippen LogP contribution in [-0.4, -0.2) is 19.0 Å². The minimum atomic E-state index is -5.46.